The van der Waals surface area contributed by atoms with E-state index in [-0.39, 0.29) is 5.91 Å². The fourth-order valence-electron chi connectivity index (χ4n) is 2.10. The van der Waals surface area contributed by atoms with Gasteiger partial charge in [0.2, 0.25) is 5.91 Å². The van der Waals surface area contributed by atoms with Gasteiger partial charge in [0, 0.05) is 11.9 Å². The van der Waals surface area contributed by atoms with Crippen LogP contribution in [0.4, 0.5) is 5.13 Å². The highest BCUT2D eigenvalue weighted by molar-refractivity contribution is 7.13. The van der Waals surface area contributed by atoms with Crippen molar-refractivity contribution in [3.05, 3.63) is 11.1 Å². The van der Waals surface area contributed by atoms with E-state index in [2.05, 4.69) is 10.3 Å². The minimum absolute atomic E-state index is 0.0530. The summed E-state index contributed by atoms with van der Waals surface area (Å²) >= 11 is 1.38. The minimum Gasteiger partial charge on any atom is -0.375 e. The van der Waals surface area contributed by atoms with Crippen LogP contribution in [0.2, 0.25) is 0 Å². The number of hydrogen-bond acceptors (Lipinski definition) is 4. The molecule has 16 heavy (non-hydrogen) atoms. The first-order valence-corrected chi connectivity index (χ1v) is 6.58. The van der Waals surface area contributed by atoms with E-state index in [9.17, 15) is 4.79 Å². The van der Waals surface area contributed by atoms with Crippen molar-refractivity contribution in [1.29, 1.82) is 0 Å². The van der Waals surface area contributed by atoms with Gasteiger partial charge < -0.3 is 11.1 Å². The van der Waals surface area contributed by atoms with E-state index < -0.39 is 0 Å². The van der Waals surface area contributed by atoms with Crippen LogP contribution in [0, 0.1) is 5.92 Å². The molecular weight excluding hydrogens is 222 g/mol. The van der Waals surface area contributed by atoms with Gasteiger partial charge >= 0.3 is 0 Å². The van der Waals surface area contributed by atoms with Crippen molar-refractivity contribution in [3.8, 4) is 0 Å². The van der Waals surface area contributed by atoms with Gasteiger partial charge in [0.05, 0.1) is 12.1 Å². The molecule has 0 atom stereocenters. The SMILES string of the molecule is Nc1nc(CC(=O)NCC2CCCC2)cs1. The Morgan fingerprint density at radius 1 is 1.56 bits per heavy atom. The van der Waals surface area contributed by atoms with E-state index in [1.165, 1.54) is 37.0 Å². The Hall–Kier alpha value is -1.10. The maximum atomic E-state index is 11.6. The molecule has 0 aromatic carbocycles. The zero-order valence-electron chi connectivity index (χ0n) is 9.24. The molecule has 0 unspecified atom stereocenters. The smallest absolute Gasteiger partial charge is 0.226 e. The average Bonchev–Trinajstić information content (AvgIpc) is 2.87. The predicted molar refractivity (Wildman–Crippen MR) is 65.2 cm³/mol. The van der Waals surface area contributed by atoms with Crippen LogP contribution in [0.3, 0.4) is 0 Å². The highest BCUT2D eigenvalue weighted by Gasteiger charge is 2.15. The van der Waals surface area contributed by atoms with E-state index in [1.54, 1.807) is 0 Å². The van der Waals surface area contributed by atoms with Crippen LogP contribution >= 0.6 is 11.3 Å². The summed E-state index contributed by atoms with van der Waals surface area (Å²) in [5.74, 6) is 0.738. The van der Waals surface area contributed by atoms with Crippen molar-refractivity contribution < 1.29 is 4.79 Å². The van der Waals surface area contributed by atoms with Gasteiger partial charge in [-0.25, -0.2) is 4.98 Å². The number of anilines is 1. The number of nitrogens with two attached hydrogens (primary N) is 1. The standard InChI is InChI=1S/C11H17N3OS/c12-11-14-9(7-16-11)5-10(15)13-6-8-3-1-2-4-8/h7-8H,1-6H2,(H2,12,14)(H,13,15). The zero-order valence-corrected chi connectivity index (χ0v) is 10.1. The number of carbonyl (C=O) groups is 1. The molecule has 88 valence electrons. The van der Waals surface area contributed by atoms with Crippen LogP contribution in [-0.4, -0.2) is 17.4 Å². The van der Waals surface area contributed by atoms with Gasteiger partial charge in [-0.15, -0.1) is 11.3 Å². The molecular formula is C11H17N3OS. The van der Waals surface area contributed by atoms with Crippen molar-refractivity contribution in [2.24, 2.45) is 5.92 Å². The molecule has 0 spiro atoms. The minimum atomic E-state index is 0.0530. The molecule has 1 heterocycles. The van der Waals surface area contributed by atoms with Gasteiger partial charge in [0.25, 0.3) is 0 Å². The van der Waals surface area contributed by atoms with Crippen LogP contribution < -0.4 is 11.1 Å². The fourth-order valence-corrected chi connectivity index (χ4v) is 2.67. The summed E-state index contributed by atoms with van der Waals surface area (Å²) in [6.07, 6.45) is 5.47. The molecule has 3 N–H and O–H groups in total. The van der Waals surface area contributed by atoms with Crippen molar-refractivity contribution in [1.82, 2.24) is 10.3 Å². The van der Waals surface area contributed by atoms with E-state index in [0.717, 1.165) is 12.2 Å². The summed E-state index contributed by atoms with van der Waals surface area (Å²) in [7, 11) is 0. The number of amides is 1. The number of thiazole rings is 1. The lowest BCUT2D eigenvalue weighted by atomic mass is 10.1. The van der Waals surface area contributed by atoms with Crippen molar-refractivity contribution in [2.75, 3.05) is 12.3 Å². The number of nitrogens with zero attached hydrogens (tertiary/aromatic N) is 1. The molecule has 0 saturated heterocycles. The van der Waals surface area contributed by atoms with E-state index in [1.807, 2.05) is 5.38 Å². The van der Waals surface area contributed by atoms with E-state index in [0.29, 0.717) is 17.5 Å². The van der Waals surface area contributed by atoms with Gasteiger partial charge in [-0.3, -0.25) is 4.79 Å². The van der Waals surface area contributed by atoms with Gasteiger partial charge in [-0.05, 0) is 18.8 Å². The Morgan fingerprint density at radius 2 is 2.31 bits per heavy atom. The lowest BCUT2D eigenvalue weighted by Crippen LogP contribution is -2.29. The Balaban J connectivity index is 1.71. The zero-order chi connectivity index (χ0) is 11.4. The lowest BCUT2D eigenvalue weighted by Gasteiger charge is -2.09. The van der Waals surface area contributed by atoms with Crippen molar-refractivity contribution >= 4 is 22.4 Å². The molecule has 0 aliphatic heterocycles. The Bertz CT molecular complexity index is 358. The quantitative estimate of drug-likeness (QED) is 0.838. The fraction of sp³-hybridized carbons (Fsp3) is 0.636. The lowest BCUT2D eigenvalue weighted by molar-refractivity contribution is -0.120. The monoisotopic (exact) mass is 239 g/mol. The third kappa shape index (κ3) is 3.20. The van der Waals surface area contributed by atoms with Gasteiger partial charge in [0.1, 0.15) is 0 Å². The molecule has 1 aromatic heterocycles. The summed E-state index contributed by atoms with van der Waals surface area (Å²) in [4.78, 5) is 15.7. The normalized spacial score (nSPS) is 16.5. The molecule has 4 nitrogen and oxygen atoms in total. The molecule has 1 aliphatic rings. The average molecular weight is 239 g/mol. The maximum absolute atomic E-state index is 11.6. The predicted octanol–water partition coefficient (Wildman–Crippen LogP) is 1.57. The Labute approximate surface area is 99.3 Å². The molecule has 1 aliphatic carbocycles. The number of nitrogens with one attached hydrogen (secondary N) is 1. The first kappa shape index (κ1) is 11.4. The molecule has 5 heteroatoms. The largest absolute Gasteiger partial charge is 0.375 e. The van der Waals surface area contributed by atoms with Crippen LogP contribution in [0.1, 0.15) is 31.4 Å². The summed E-state index contributed by atoms with van der Waals surface area (Å²) in [6, 6.07) is 0. The molecule has 1 fully saturated rings. The molecule has 0 radical (unpaired) electrons. The molecule has 1 saturated carbocycles. The van der Waals surface area contributed by atoms with Gasteiger partial charge in [-0.2, -0.15) is 0 Å². The van der Waals surface area contributed by atoms with E-state index >= 15 is 0 Å². The first-order chi connectivity index (χ1) is 7.74. The maximum Gasteiger partial charge on any atom is 0.226 e. The topological polar surface area (TPSA) is 68.0 Å². The molecule has 1 amide bonds. The molecule has 1 aromatic rings. The summed E-state index contributed by atoms with van der Waals surface area (Å²) in [5, 5.41) is 5.33. The number of nitrogen functional groups attached to an aromatic ring is 1. The Kier molecular flexibility index (Phi) is 3.77. The second-order valence-corrected chi connectivity index (χ2v) is 5.20. The van der Waals surface area contributed by atoms with Gasteiger partial charge in [-0.1, -0.05) is 12.8 Å². The van der Waals surface area contributed by atoms with Crippen LogP contribution in [-0.2, 0) is 11.2 Å². The van der Waals surface area contributed by atoms with Gasteiger partial charge in [0.15, 0.2) is 5.13 Å². The summed E-state index contributed by atoms with van der Waals surface area (Å²) in [5.41, 5.74) is 6.27. The van der Waals surface area contributed by atoms with Crippen molar-refractivity contribution in [3.63, 3.8) is 0 Å². The van der Waals surface area contributed by atoms with Crippen LogP contribution in [0.25, 0.3) is 0 Å². The first-order valence-electron chi connectivity index (χ1n) is 5.70. The molecule has 0 bridgehead atoms. The number of aromatic nitrogens is 1. The Morgan fingerprint density at radius 3 is 2.94 bits per heavy atom. The van der Waals surface area contributed by atoms with Crippen LogP contribution in [0.5, 0.6) is 0 Å². The summed E-state index contributed by atoms with van der Waals surface area (Å²) < 4.78 is 0. The van der Waals surface area contributed by atoms with E-state index in [4.69, 9.17) is 5.73 Å². The second kappa shape index (κ2) is 5.30. The van der Waals surface area contributed by atoms with Crippen molar-refractivity contribution in [2.45, 2.75) is 32.1 Å². The van der Waals surface area contributed by atoms with Crippen LogP contribution in [0.15, 0.2) is 5.38 Å². The number of rotatable bonds is 4. The highest BCUT2D eigenvalue weighted by atomic mass is 32.1. The molecule has 2 rings (SSSR count). The third-order valence-electron chi connectivity index (χ3n) is 2.97. The summed E-state index contributed by atoms with van der Waals surface area (Å²) in [6.45, 7) is 0.818. The number of hydrogen-bond donors (Lipinski definition) is 2. The number of carbonyl (C=O) groups excluding carboxylic acids is 1. The third-order valence-corrected chi connectivity index (χ3v) is 3.70. The highest BCUT2D eigenvalue weighted by Crippen LogP contribution is 2.23. The second-order valence-electron chi connectivity index (χ2n) is 4.31.